The monoisotopic (exact) mass is 182 g/mol. The topological polar surface area (TPSA) is 42.7 Å². The summed E-state index contributed by atoms with van der Waals surface area (Å²) < 4.78 is 1.95. The Morgan fingerprint density at radius 2 is 2.08 bits per heavy atom. The Kier molecular flexibility index (Phi) is 2.71. The molecular formula is C9H18N4. The molecule has 1 N–H and O–H groups in total. The van der Waals surface area contributed by atoms with E-state index in [0.717, 1.165) is 5.82 Å². The van der Waals surface area contributed by atoms with Gasteiger partial charge in [-0.25, -0.2) is 0 Å². The normalized spacial score (nSPS) is 14.5. The van der Waals surface area contributed by atoms with Crippen LogP contribution in [-0.4, -0.2) is 21.8 Å². The fraction of sp³-hybridized carbons (Fsp3) is 0.778. The summed E-state index contributed by atoms with van der Waals surface area (Å²) in [5, 5.41) is 11.2. The van der Waals surface area contributed by atoms with Crippen LogP contribution in [0.25, 0.3) is 0 Å². The van der Waals surface area contributed by atoms with E-state index >= 15 is 0 Å². The molecule has 0 spiro atoms. The molecule has 1 rings (SSSR count). The minimum atomic E-state index is 0.148. The zero-order valence-electron chi connectivity index (χ0n) is 9.00. The van der Waals surface area contributed by atoms with Crippen LogP contribution in [0.5, 0.6) is 0 Å². The van der Waals surface area contributed by atoms with Crippen molar-refractivity contribution >= 4 is 0 Å². The predicted molar refractivity (Wildman–Crippen MR) is 52.3 cm³/mol. The molecule has 0 radical (unpaired) electrons. The van der Waals surface area contributed by atoms with Gasteiger partial charge in [-0.3, -0.25) is 0 Å². The fourth-order valence-electron chi connectivity index (χ4n) is 1.50. The lowest BCUT2D eigenvalue weighted by Crippen LogP contribution is -2.31. The summed E-state index contributed by atoms with van der Waals surface area (Å²) in [6.45, 7) is 6.55. The SMILES string of the molecule is CNC(c1nncn1C)C(C)(C)C. The number of hydrogen-bond acceptors (Lipinski definition) is 3. The van der Waals surface area contributed by atoms with Crippen LogP contribution in [0.15, 0.2) is 6.33 Å². The molecule has 0 bridgehead atoms. The van der Waals surface area contributed by atoms with Gasteiger partial charge in [0, 0.05) is 7.05 Å². The van der Waals surface area contributed by atoms with Crippen molar-refractivity contribution in [2.24, 2.45) is 12.5 Å². The van der Waals surface area contributed by atoms with Gasteiger partial charge in [-0.05, 0) is 12.5 Å². The number of aromatic nitrogens is 3. The zero-order valence-corrected chi connectivity index (χ0v) is 9.00. The summed E-state index contributed by atoms with van der Waals surface area (Å²) in [6, 6.07) is 0.236. The molecule has 0 aliphatic heterocycles. The lowest BCUT2D eigenvalue weighted by Gasteiger charge is -2.29. The summed E-state index contributed by atoms with van der Waals surface area (Å²) in [5.74, 6) is 0.981. The number of aryl methyl sites for hydroxylation is 1. The average molecular weight is 182 g/mol. The summed E-state index contributed by atoms with van der Waals surface area (Å²) in [7, 11) is 3.91. The molecule has 0 aliphatic carbocycles. The maximum absolute atomic E-state index is 4.10. The highest BCUT2D eigenvalue weighted by Gasteiger charge is 2.27. The van der Waals surface area contributed by atoms with Gasteiger partial charge in [0.25, 0.3) is 0 Å². The average Bonchev–Trinajstić information content (AvgIpc) is 2.35. The summed E-state index contributed by atoms with van der Waals surface area (Å²) in [5.41, 5.74) is 0.148. The van der Waals surface area contributed by atoms with Crippen molar-refractivity contribution in [3.8, 4) is 0 Å². The molecule has 1 atom stereocenters. The van der Waals surface area contributed by atoms with E-state index in [-0.39, 0.29) is 11.5 Å². The summed E-state index contributed by atoms with van der Waals surface area (Å²) in [4.78, 5) is 0. The molecule has 1 unspecified atom stereocenters. The Labute approximate surface area is 79.4 Å². The van der Waals surface area contributed by atoms with E-state index < -0.39 is 0 Å². The molecule has 1 aromatic rings. The van der Waals surface area contributed by atoms with Gasteiger partial charge in [-0.15, -0.1) is 10.2 Å². The lowest BCUT2D eigenvalue weighted by atomic mass is 9.86. The standard InChI is InChI=1S/C9H18N4/c1-9(2,3)7(10-4)8-12-11-6-13(8)5/h6-7,10H,1-5H3. The predicted octanol–water partition coefficient (Wildman–Crippen LogP) is 1.12. The van der Waals surface area contributed by atoms with Gasteiger partial charge >= 0.3 is 0 Å². The Morgan fingerprint density at radius 3 is 2.38 bits per heavy atom. The molecule has 1 heterocycles. The molecule has 4 nitrogen and oxygen atoms in total. The van der Waals surface area contributed by atoms with Crippen LogP contribution in [-0.2, 0) is 7.05 Å². The minimum Gasteiger partial charge on any atom is -0.319 e. The second-order valence-corrected chi connectivity index (χ2v) is 4.39. The van der Waals surface area contributed by atoms with E-state index in [1.807, 2.05) is 18.7 Å². The molecule has 0 aliphatic rings. The highest BCUT2D eigenvalue weighted by Crippen LogP contribution is 2.30. The first-order chi connectivity index (χ1) is 5.96. The van der Waals surface area contributed by atoms with Crippen LogP contribution in [0.4, 0.5) is 0 Å². The van der Waals surface area contributed by atoms with Crippen molar-refractivity contribution in [2.75, 3.05) is 7.05 Å². The molecular weight excluding hydrogens is 164 g/mol. The number of nitrogens with zero attached hydrogens (tertiary/aromatic N) is 3. The second kappa shape index (κ2) is 3.46. The molecule has 0 aromatic carbocycles. The van der Waals surface area contributed by atoms with Gasteiger partial charge in [0.05, 0.1) is 6.04 Å². The first-order valence-corrected chi connectivity index (χ1v) is 4.48. The van der Waals surface area contributed by atoms with Crippen LogP contribution in [0.1, 0.15) is 32.6 Å². The maximum Gasteiger partial charge on any atom is 0.150 e. The zero-order chi connectivity index (χ0) is 10.1. The molecule has 4 heteroatoms. The third kappa shape index (κ3) is 2.06. The molecule has 13 heavy (non-hydrogen) atoms. The fourth-order valence-corrected chi connectivity index (χ4v) is 1.50. The smallest absolute Gasteiger partial charge is 0.150 e. The molecule has 0 fully saturated rings. The third-order valence-electron chi connectivity index (χ3n) is 2.16. The van der Waals surface area contributed by atoms with Crippen LogP contribution in [0, 0.1) is 5.41 Å². The van der Waals surface area contributed by atoms with Crippen LogP contribution in [0.2, 0.25) is 0 Å². The van der Waals surface area contributed by atoms with E-state index in [1.54, 1.807) is 6.33 Å². The van der Waals surface area contributed by atoms with Gasteiger partial charge in [-0.2, -0.15) is 0 Å². The van der Waals surface area contributed by atoms with Crippen LogP contribution in [0.3, 0.4) is 0 Å². The van der Waals surface area contributed by atoms with E-state index in [1.165, 1.54) is 0 Å². The Bertz CT molecular complexity index is 271. The first-order valence-electron chi connectivity index (χ1n) is 4.48. The van der Waals surface area contributed by atoms with Gasteiger partial charge in [0.1, 0.15) is 12.2 Å². The lowest BCUT2D eigenvalue weighted by molar-refractivity contribution is 0.270. The molecule has 0 saturated heterocycles. The molecule has 0 amide bonds. The van der Waals surface area contributed by atoms with Gasteiger partial charge < -0.3 is 9.88 Å². The number of hydrogen-bond donors (Lipinski definition) is 1. The van der Waals surface area contributed by atoms with Crippen molar-refractivity contribution in [1.29, 1.82) is 0 Å². The molecule has 0 saturated carbocycles. The van der Waals surface area contributed by atoms with E-state index in [2.05, 4.69) is 36.3 Å². The van der Waals surface area contributed by atoms with E-state index in [4.69, 9.17) is 0 Å². The van der Waals surface area contributed by atoms with Crippen LogP contribution < -0.4 is 5.32 Å². The molecule has 74 valence electrons. The molecule has 1 aromatic heterocycles. The van der Waals surface area contributed by atoms with Gasteiger partial charge in [-0.1, -0.05) is 20.8 Å². The van der Waals surface area contributed by atoms with Crippen molar-refractivity contribution in [2.45, 2.75) is 26.8 Å². The Hall–Kier alpha value is -0.900. The van der Waals surface area contributed by atoms with E-state index in [9.17, 15) is 0 Å². The minimum absolute atomic E-state index is 0.148. The van der Waals surface area contributed by atoms with Gasteiger partial charge in [0.2, 0.25) is 0 Å². The quantitative estimate of drug-likeness (QED) is 0.745. The second-order valence-electron chi connectivity index (χ2n) is 4.39. The number of rotatable bonds is 2. The summed E-state index contributed by atoms with van der Waals surface area (Å²) in [6.07, 6.45) is 1.73. The summed E-state index contributed by atoms with van der Waals surface area (Å²) >= 11 is 0. The first kappa shape index (κ1) is 10.2. The maximum atomic E-state index is 4.10. The van der Waals surface area contributed by atoms with Crippen molar-refractivity contribution < 1.29 is 0 Å². The van der Waals surface area contributed by atoms with Crippen molar-refractivity contribution in [1.82, 2.24) is 20.1 Å². The van der Waals surface area contributed by atoms with Gasteiger partial charge in [0.15, 0.2) is 0 Å². The third-order valence-corrected chi connectivity index (χ3v) is 2.16. The largest absolute Gasteiger partial charge is 0.319 e. The Morgan fingerprint density at radius 1 is 1.46 bits per heavy atom. The van der Waals surface area contributed by atoms with Crippen LogP contribution >= 0.6 is 0 Å². The number of nitrogens with one attached hydrogen (secondary N) is 1. The van der Waals surface area contributed by atoms with Crippen molar-refractivity contribution in [3.63, 3.8) is 0 Å². The van der Waals surface area contributed by atoms with E-state index in [0.29, 0.717) is 0 Å². The Balaban J connectivity index is 2.98. The highest BCUT2D eigenvalue weighted by atomic mass is 15.3. The highest BCUT2D eigenvalue weighted by molar-refractivity contribution is 4.99. The van der Waals surface area contributed by atoms with Crippen molar-refractivity contribution in [3.05, 3.63) is 12.2 Å².